The molecule has 0 radical (unpaired) electrons. The molecule has 0 fully saturated rings. The summed E-state index contributed by atoms with van der Waals surface area (Å²) in [4.78, 5) is 15.3. The van der Waals surface area contributed by atoms with Gasteiger partial charge in [0, 0.05) is 49.9 Å². The topological polar surface area (TPSA) is 81.7 Å². The van der Waals surface area contributed by atoms with E-state index >= 15 is 0 Å². The molecule has 4 rings (SSSR count). The Bertz CT molecular complexity index is 1180. The van der Waals surface area contributed by atoms with Gasteiger partial charge in [0.2, 0.25) is 10.3 Å². The molecule has 0 aliphatic carbocycles. The molecule has 0 saturated heterocycles. The molecular formula is C26H30N8S2. The van der Waals surface area contributed by atoms with Crippen molar-refractivity contribution in [2.75, 3.05) is 36.0 Å². The summed E-state index contributed by atoms with van der Waals surface area (Å²) in [7, 11) is 0. The summed E-state index contributed by atoms with van der Waals surface area (Å²) >= 11 is 2.94. The molecule has 4 aromatic rings. The number of hydrogen-bond acceptors (Lipinski definition) is 10. The van der Waals surface area contributed by atoms with Gasteiger partial charge in [-0.05, 0) is 76.2 Å². The largest absolute Gasteiger partial charge is 0.372 e. The standard InChI is InChI=1S/C26H30N8S2/c1-5-33(6-2)21-13-9-19(10-14-21)29-31-25-27-17-23(35-25)24-18-28-26(36-24)32-30-20-11-15-22(16-12-20)34(7-3)8-4/h9-18H,5-8H2,1-4H3/b31-29+,32-30+. The lowest BCUT2D eigenvalue weighted by Crippen LogP contribution is -2.21. The number of thiazole rings is 2. The van der Waals surface area contributed by atoms with Gasteiger partial charge in [-0.15, -0.1) is 20.5 Å². The predicted octanol–water partition coefficient (Wildman–Crippen LogP) is 8.79. The minimum atomic E-state index is 0.600. The number of aromatic nitrogens is 2. The molecule has 0 saturated carbocycles. The van der Waals surface area contributed by atoms with Crippen molar-refractivity contribution < 1.29 is 0 Å². The third kappa shape index (κ3) is 6.38. The lowest BCUT2D eigenvalue weighted by molar-refractivity contribution is 0.866. The highest BCUT2D eigenvalue weighted by Crippen LogP contribution is 2.37. The maximum absolute atomic E-state index is 4.39. The van der Waals surface area contributed by atoms with Crippen LogP contribution in [0.2, 0.25) is 0 Å². The highest BCUT2D eigenvalue weighted by atomic mass is 32.1. The van der Waals surface area contributed by atoms with Gasteiger partial charge >= 0.3 is 0 Å². The van der Waals surface area contributed by atoms with Gasteiger partial charge in [-0.1, -0.05) is 22.7 Å². The van der Waals surface area contributed by atoms with Crippen LogP contribution in [-0.2, 0) is 0 Å². The first-order chi connectivity index (χ1) is 17.6. The van der Waals surface area contributed by atoms with E-state index in [9.17, 15) is 0 Å². The average Bonchev–Trinajstić information content (AvgIpc) is 3.59. The van der Waals surface area contributed by atoms with E-state index in [1.54, 1.807) is 12.4 Å². The molecule has 0 spiro atoms. The molecule has 0 unspecified atom stereocenters. The van der Waals surface area contributed by atoms with Crippen molar-refractivity contribution in [1.82, 2.24) is 9.97 Å². The Labute approximate surface area is 220 Å². The van der Waals surface area contributed by atoms with E-state index in [4.69, 9.17) is 0 Å². The van der Waals surface area contributed by atoms with Crippen LogP contribution in [0.15, 0.2) is 81.4 Å². The zero-order valence-electron chi connectivity index (χ0n) is 21.0. The zero-order valence-corrected chi connectivity index (χ0v) is 22.6. The second kappa shape index (κ2) is 12.5. The number of benzene rings is 2. The number of nitrogens with zero attached hydrogens (tertiary/aromatic N) is 8. The number of azo groups is 2. The van der Waals surface area contributed by atoms with Crippen LogP contribution in [0, 0.1) is 0 Å². The molecule has 2 heterocycles. The predicted molar refractivity (Wildman–Crippen MR) is 152 cm³/mol. The first-order valence-electron chi connectivity index (χ1n) is 12.1. The maximum atomic E-state index is 4.39. The molecule has 10 heteroatoms. The molecule has 186 valence electrons. The van der Waals surface area contributed by atoms with Gasteiger partial charge in [0.15, 0.2) is 0 Å². The summed E-state index contributed by atoms with van der Waals surface area (Å²) < 4.78 is 0. The van der Waals surface area contributed by atoms with Crippen LogP contribution in [-0.4, -0.2) is 36.1 Å². The van der Waals surface area contributed by atoms with E-state index in [1.165, 1.54) is 34.0 Å². The second-order valence-electron chi connectivity index (χ2n) is 7.79. The lowest BCUT2D eigenvalue weighted by Gasteiger charge is -2.20. The Morgan fingerprint density at radius 3 is 1.25 bits per heavy atom. The first kappa shape index (κ1) is 25.6. The Morgan fingerprint density at radius 2 is 0.917 bits per heavy atom. The quantitative estimate of drug-likeness (QED) is 0.186. The van der Waals surface area contributed by atoms with E-state index in [-0.39, 0.29) is 0 Å². The van der Waals surface area contributed by atoms with E-state index in [0.717, 1.165) is 47.3 Å². The molecular weight excluding hydrogens is 488 g/mol. The minimum Gasteiger partial charge on any atom is -0.372 e. The van der Waals surface area contributed by atoms with Crippen LogP contribution in [0.4, 0.5) is 33.0 Å². The van der Waals surface area contributed by atoms with Gasteiger partial charge in [0.05, 0.1) is 21.1 Å². The van der Waals surface area contributed by atoms with Crippen LogP contribution < -0.4 is 9.80 Å². The fourth-order valence-corrected chi connectivity index (χ4v) is 5.22. The molecule has 0 atom stereocenters. The molecule has 2 aromatic carbocycles. The van der Waals surface area contributed by atoms with Crippen molar-refractivity contribution in [3.63, 3.8) is 0 Å². The van der Waals surface area contributed by atoms with Crippen LogP contribution in [0.5, 0.6) is 0 Å². The summed E-state index contributed by atoms with van der Waals surface area (Å²) in [6.07, 6.45) is 3.59. The van der Waals surface area contributed by atoms with Crippen molar-refractivity contribution in [2.24, 2.45) is 20.5 Å². The third-order valence-corrected chi connectivity index (χ3v) is 7.65. The van der Waals surface area contributed by atoms with E-state index in [2.05, 4.69) is 92.2 Å². The molecule has 0 N–H and O–H groups in total. The van der Waals surface area contributed by atoms with Crippen molar-refractivity contribution in [3.05, 3.63) is 60.9 Å². The fraction of sp³-hybridized carbons (Fsp3) is 0.308. The SMILES string of the molecule is CCN(CC)c1ccc(/N=N/c2ncc(-c3cnc(/N=N/c4ccc(N(CC)CC)cc4)s3)s2)cc1. The molecule has 0 aliphatic rings. The zero-order chi connectivity index (χ0) is 25.3. The first-order valence-corrected chi connectivity index (χ1v) is 13.7. The Kier molecular flexibility index (Phi) is 8.85. The molecule has 36 heavy (non-hydrogen) atoms. The van der Waals surface area contributed by atoms with Gasteiger partial charge in [0.25, 0.3) is 0 Å². The van der Waals surface area contributed by atoms with Gasteiger partial charge in [-0.25, -0.2) is 9.97 Å². The third-order valence-electron chi connectivity index (χ3n) is 5.69. The molecule has 8 nitrogen and oxygen atoms in total. The summed E-state index contributed by atoms with van der Waals surface area (Å²) in [6.45, 7) is 12.5. The van der Waals surface area contributed by atoms with E-state index < -0.39 is 0 Å². The second-order valence-corrected chi connectivity index (χ2v) is 9.81. The molecule has 0 bridgehead atoms. The van der Waals surface area contributed by atoms with Gasteiger partial charge in [-0.3, -0.25) is 0 Å². The Balaban J connectivity index is 1.38. The van der Waals surface area contributed by atoms with Gasteiger partial charge < -0.3 is 9.80 Å². The monoisotopic (exact) mass is 518 g/mol. The van der Waals surface area contributed by atoms with Crippen LogP contribution >= 0.6 is 22.7 Å². The smallest absolute Gasteiger partial charge is 0.230 e. The van der Waals surface area contributed by atoms with Crippen molar-refractivity contribution >= 4 is 55.7 Å². The van der Waals surface area contributed by atoms with Crippen molar-refractivity contribution in [3.8, 4) is 9.75 Å². The van der Waals surface area contributed by atoms with E-state index in [1.807, 2.05) is 24.3 Å². The van der Waals surface area contributed by atoms with Gasteiger partial charge in [-0.2, -0.15) is 0 Å². The number of anilines is 2. The normalized spacial score (nSPS) is 11.6. The molecule has 2 aromatic heterocycles. The maximum Gasteiger partial charge on any atom is 0.230 e. The molecule has 0 amide bonds. The van der Waals surface area contributed by atoms with Crippen LogP contribution in [0.25, 0.3) is 9.75 Å². The summed E-state index contributed by atoms with van der Waals surface area (Å²) in [5.41, 5.74) is 3.97. The van der Waals surface area contributed by atoms with Crippen LogP contribution in [0.3, 0.4) is 0 Å². The van der Waals surface area contributed by atoms with E-state index in [0.29, 0.717) is 10.3 Å². The fourth-order valence-electron chi connectivity index (χ4n) is 3.69. The summed E-state index contributed by atoms with van der Waals surface area (Å²) in [5.74, 6) is 0. The van der Waals surface area contributed by atoms with Crippen LogP contribution in [0.1, 0.15) is 27.7 Å². The Morgan fingerprint density at radius 1 is 0.556 bits per heavy atom. The molecule has 0 aliphatic heterocycles. The van der Waals surface area contributed by atoms with Gasteiger partial charge in [0.1, 0.15) is 0 Å². The lowest BCUT2D eigenvalue weighted by atomic mass is 10.2. The summed E-state index contributed by atoms with van der Waals surface area (Å²) in [5, 5.41) is 18.5. The average molecular weight is 519 g/mol. The Hall–Kier alpha value is -3.50. The number of hydrogen-bond donors (Lipinski definition) is 0. The highest BCUT2D eigenvalue weighted by Gasteiger charge is 2.09. The highest BCUT2D eigenvalue weighted by molar-refractivity contribution is 7.25. The minimum absolute atomic E-state index is 0.600. The summed E-state index contributed by atoms with van der Waals surface area (Å²) in [6, 6.07) is 16.2. The van der Waals surface area contributed by atoms with Crippen molar-refractivity contribution in [2.45, 2.75) is 27.7 Å². The number of rotatable bonds is 11. The van der Waals surface area contributed by atoms with Crippen molar-refractivity contribution in [1.29, 1.82) is 0 Å².